The Kier molecular flexibility index (Phi) is 6.14. The van der Waals surface area contributed by atoms with Gasteiger partial charge in [-0.3, -0.25) is 4.79 Å². The van der Waals surface area contributed by atoms with Gasteiger partial charge in [0, 0.05) is 0 Å². The van der Waals surface area contributed by atoms with Crippen LogP contribution in [0.25, 0.3) is 0 Å². The Morgan fingerprint density at radius 1 is 1.33 bits per heavy atom. The van der Waals surface area contributed by atoms with Gasteiger partial charge in [-0.25, -0.2) is 9.18 Å². The van der Waals surface area contributed by atoms with Crippen molar-refractivity contribution in [2.45, 2.75) is 39.3 Å². The molecule has 0 aliphatic carbocycles. The van der Waals surface area contributed by atoms with Crippen LogP contribution in [0, 0.1) is 11.7 Å². The van der Waals surface area contributed by atoms with E-state index >= 15 is 0 Å². The second kappa shape index (κ2) is 7.61. The number of aliphatic carboxylic acids is 1. The van der Waals surface area contributed by atoms with Crippen molar-refractivity contribution in [3.8, 4) is 5.75 Å². The van der Waals surface area contributed by atoms with Crippen molar-refractivity contribution in [1.29, 1.82) is 0 Å². The standard InChI is InChI=1S/C15H20FNO4/c1-4-11(21-12-8-6-5-7-10(12)16)14(18)17-13(9(2)3)15(19)20/h5-9,11,13H,4H2,1-3H3,(H,17,18)(H,19,20)/t11?,13-/m1/s1. The highest BCUT2D eigenvalue weighted by molar-refractivity contribution is 5.86. The van der Waals surface area contributed by atoms with Gasteiger partial charge in [-0.2, -0.15) is 0 Å². The predicted octanol–water partition coefficient (Wildman–Crippen LogP) is 2.21. The molecule has 6 heteroatoms. The SMILES string of the molecule is CCC(Oc1ccccc1F)C(=O)N[C@@H](C(=O)O)C(C)C. The van der Waals surface area contributed by atoms with Crippen LogP contribution >= 0.6 is 0 Å². The molecule has 1 rings (SSSR count). The summed E-state index contributed by atoms with van der Waals surface area (Å²) in [4.78, 5) is 23.2. The molecule has 21 heavy (non-hydrogen) atoms. The molecule has 5 nitrogen and oxygen atoms in total. The van der Waals surface area contributed by atoms with Crippen LogP contribution in [0.2, 0.25) is 0 Å². The Morgan fingerprint density at radius 3 is 2.43 bits per heavy atom. The van der Waals surface area contributed by atoms with Crippen LogP contribution < -0.4 is 10.1 Å². The Labute approximate surface area is 123 Å². The van der Waals surface area contributed by atoms with Gasteiger partial charge in [-0.15, -0.1) is 0 Å². The molecule has 1 amide bonds. The van der Waals surface area contributed by atoms with Gasteiger partial charge in [-0.05, 0) is 24.5 Å². The average Bonchev–Trinajstić information content (AvgIpc) is 2.42. The average molecular weight is 297 g/mol. The van der Waals surface area contributed by atoms with Crippen LogP contribution in [0.15, 0.2) is 24.3 Å². The van der Waals surface area contributed by atoms with E-state index in [1.54, 1.807) is 26.8 Å². The van der Waals surface area contributed by atoms with Crippen molar-refractivity contribution in [3.63, 3.8) is 0 Å². The van der Waals surface area contributed by atoms with Gasteiger partial charge >= 0.3 is 5.97 Å². The molecular weight excluding hydrogens is 277 g/mol. The Hall–Kier alpha value is -2.11. The first-order chi connectivity index (χ1) is 9.86. The first-order valence-corrected chi connectivity index (χ1v) is 6.81. The van der Waals surface area contributed by atoms with Gasteiger partial charge in [-0.1, -0.05) is 32.9 Å². The summed E-state index contributed by atoms with van der Waals surface area (Å²) < 4.78 is 18.9. The van der Waals surface area contributed by atoms with Crippen molar-refractivity contribution in [2.75, 3.05) is 0 Å². The third-order valence-corrected chi connectivity index (χ3v) is 3.00. The highest BCUT2D eigenvalue weighted by Gasteiger charge is 2.28. The molecule has 0 aromatic heterocycles. The number of rotatable bonds is 7. The summed E-state index contributed by atoms with van der Waals surface area (Å²) in [5, 5.41) is 11.5. The number of carbonyl (C=O) groups excluding carboxylic acids is 1. The van der Waals surface area contributed by atoms with Crippen molar-refractivity contribution in [3.05, 3.63) is 30.1 Å². The molecule has 0 fully saturated rings. The second-order valence-electron chi connectivity index (χ2n) is 5.01. The normalized spacial score (nSPS) is 13.6. The molecule has 0 heterocycles. The van der Waals surface area contributed by atoms with Crippen LogP contribution in [0.5, 0.6) is 5.75 Å². The number of ether oxygens (including phenoxy) is 1. The summed E-state index contributed by atoms with van der Waals surface area (Å²) in [5.74, 6) is -2.54. The Balaban J connectivity index is 2.78. The van der Waals surface area contributed by atoms with Gasteiger partial charge in [0.25, 0.3) is 5.91 Å². The first-order valence-electron chi connectivity index (χ1n) is 6.81. The molecular formula is C15H20FNO4. The van der Waals surface area contributed by atoms with Crippen LogP contribution in [0.4, 0.5) is 4.39 Å². The summed E-state index contributed by atoms with van der Waals surface area (Å²) in [6.45, 7) is 5.09. The van der Waals surface area contributed by atoms with E-state index < -0.39 is 29.8 Å². The second-order valence-corrected chi connectivity index (χ2v) is 5.01. The van der Waals surface area contributed by atoms with Crippen molar-refractivity contribution >= 4 is 11.9 Å². The number of para-hydroxylation sites is 1. The van der Waals surface area contributed by atoms with E-state index in [0.29, 0.717) is 6.42 Å². The number of carbonyl (C=O) groups is 2. The molecule has 0 spiro atoms. The lowest BCUT2D eigenvalue weighted by Gasteiger charge is -2.22. The van der Waals surface area contributed by atoms with Crippen LogP contribution in [-0.2, 0) is 9.59 Å². The van der Waals surface area contributed by atoms with E-state index in [-0.39, 0.29) is 11.7 Å². The summed E-state index contributed by atoms with van der Waals surface area (Å²) in [5.41, 5.74) is 0. The third-order valence-electron chi connectivity index (χ3n) is 3.00. The van der Waals surface area contributed by atoms with Gasteiger partial charge in [0.1, 0.15) is 6.04 Å². The smallest absolute Gasteiger partial charge is 0.326 e. The van der Waals surface area contributed by atoms with Crippen molar-refractivity contribution in [2.24, 2.45) is 5.92 Å². The van der Waals surface area contributed by atoms with Gasteiger partial charge < -0.3 is 15.2 Å². The molecule has 2 atom stereocenters. The summed E-state index contributed by atoms with van der Waals surface area (Å²) in [7, 11) is 0. The third kappa shape index (κ3) is 4.73. The molecule has 1 aromatic carbocycles. The zero-order valence-corrected chi connectivity index (χ0v) is 12.3. The molecule has 0 aliphatic rings. The lowest BCUT2D eigenvalue weighted by atomic mass is 10.0. The number of benzene rings is 1. The van der Waals surface area contributed by atoms with Gasteiger partial charge in [0.15, 0.2) is 17.7 Å². The molecule has 0 saturated heterocycles. The highest BCUT2D eigenvalue weighted by Crippen LogP contribution is 2.18. The first kappa shape index (κ1) is 16.9. The molecule has 0 bridgehead atoms. The van der Waals surface area contributed by atoms with Gasteiger partial charge in [0.2, 0.25) is 0 Å². The molecule has 1 aromatic rings. The Bertz CT molecular complexity index is 504. The number of nitrogens with one attached hydrogen (secondary N) is 1. The minimum Gasteiger partial charge on any atom is -0.480 e. The van der Waals surface area contributed by atoms with Crippen LogP contribution in [0.1, 0.15) is 27.2 Å². The quantitative estimate of drug-likeness (QED) is 0.809. The van der Waals surface area contributed by atoms with E-state index in [1.165, 1.54) is 18.2 Å². The predicted molar refractivity (Wildman–Crippen MR) is 75.5 cm³/mol. The van der Waals surface area contributed by atoms with E-state index in [9.17, 15) is 14.0 Å². The molecule has 0 radical (unpaired) electrons. The summed E-state index contributed by atoms with van der Waals surface area (Å²) >= 11 is 0. The number of amides is 1. The zero-order valence-electron chi connectivity index (χ0n) is 12.3. The molecule has 0 saturated carbocycles. The van der Waals surface area contributed by atoms with Gasteiger partial charge in [0.05, 0.1) is 0 Å². The lowest BCUT2D eigenvalue weighted by Crippen LogP contribution is -2.49. The highest BCUT2D eigenvalue weighted by atomic mass is 19.1. The Morgan fingerprint density at radius 2 is 1.95 bits per heavy atom. The van der Waals surface area contributed by atoms with E-state index in [2.05, 4.69) is 5.32 Å². The van der Waals surface area contributed by atoms with E-state index in [4.69, 9.17) is 9.84 Å². The fourth-order valence-electron chi connectivity index (χ4n) is 1.78. The number of carboxylic acids is 1. The monoisotopic (exact) mass is 297 g/mol. The maximum atomic E-state index is 13.5. The summed E-state index contributed by atoms with van der Waals surface area (Å²) in [6, 6.07) is 4.76. The van der Waals surface area contributed by atoms with E-state index in [0.717, 1.165) is 0 Å². The van der Waals surface area contributed by atoms with E-state index in [1.807, 2.05) is 0 Å². The van der Waals surface area contributed by atoms with Crippen molar-refractivity contribution < 1.29 is 23.8 Å². The van der Waals surface area contributed by atoms with Crippen molar-refractivity contribution in [1.82, 2.24) is 5.32 Å². The number of halogens is 1. The zero-order chi connectivity index (χ0) is 16.0. The maximum Gasteiger partial charge on any atom is 0.326 e. The van der Waals surface area contributed by atoms with Crippen LogP contribution in [0.3, 0.4) is 0 Å². The minimum absolute atomic E-state index is 0.0316. The molecule has 116 valence electrons. The maximum absolute atomic E-state index is 13.5. The number of hydrogen-bond acceptors (Lipinski definition) is 3. The molecule has 1 unspecified atom stereocenters. The fourth-order valence-corrected chi connectivity index (χ4v) is 1.78. The molecule has 2 N–H and O–H groups in total. The fraction of sp³-hybridized carbons (Fsp3) is 0.467. The number of hydrogen-bond donors (Lipinski definition) is 2. The largest absolute Gasteiger partial charge is 0.480 e. The molecule has 0 aliphatic heterocycles. The topological polar surface area (TPSA) is 75.6 Å². The van der Waals surface area contributed by atoms with Crippen LogP contribution in [-0.4, -0.2) is 29.1 Å². The number of carboxylic acid groups (broad SMARTS) is 1. The lowest BCUT2D eigenvalue weighted by molar-refractivity contribution is -0.144. The minimum atomic E-state index is -1.11. The summed E-state index contributed by atoms with van der Waals surface area (Å²) in [6.07, 6.45) is -0.646.